The third-order valence-electron chi connectivity index (χ3n) is 4.89. The van der Waals surface area contributed by atoms with Crippen molar-refractivity contribution in [1.29, 1.82) is 0 Å². The molecule has 3 aromatic rings. The van der Waals surface area contributed by atoms with Gasteiger partial charge in [0.1, 0.15) is 12.7 Å². The summed E-state index contributed by atoms with van der Waals surface area (Å²) in [7, 11) is 0. The molecule has 2 aromatic carbocycles. The maximum absolute atomic E-state index is 10.9. The molecule has 0 radical (unpaired) electrons. The van der Waals surface area contributed by atoms with Crippen LogP contribution in [0.15, 0.2) is 61.2 Å². The van der Waals surface area contributed by atoms with Crippen molar-refractivity contribution >= 4 is 17.3 Å². The van der Waals surface area contributed by atoms with Crippen molar-refractivity contribution in [1.82, 2.24) is 14.8 Å². The molecule has 1 heterocycles. The van der Waals surface area contributed by atoms with E-state index in [2.05, 4.69) is 41.4 Å². The highest BCUT2D eigenvalue weighted by molar-refractivity contribution is 5.88. The molecule has 27 heavy (non-hydrogen) atoms. The molecule has 0 saturated carbocycles. The molecule has 140 valence electrons. The molecule has 2 N–H and O–H groups in total. The Morgan fingerprint density at radius 2 is 1.63 bits per heavy atom. The number of carboxylic acids is 1. The topological polar surface area (TPSA) is 80.0 Å². The Balaban J connectivity index is 1.79. The van der Waals surface area contributed by atoms with Gasteiger partial charge in [-0.25, -0.2) is 14.5 Å². The first-order valence-electron chi connectivity index (χ1n) is 9.16. The van der Waals surface area contributed by atoms with E-state index >= 15 is 0 Å². The van der Waals surface area contributed by atoms with Crippen LogP contribution >= 0.6 is 0 Å². The first-order chi connectivity index (χ1) is 13.1. The Bertz CT molecular complexity index is 854. The quantitative estimate of drug-likeness (QED) is 0.603. The van der Waals surface area contributed by atoms with Gasteiger partial charge in [0.05, 0.1) is 11.6 Å². The van der Waals surface area contributed by atoms with Crippen LogP contribution in [0.2, 0.25) is 0 Å². The molecule has 0 bridgehead atoms. The smallest absolute Gasteiger partial charge is 0.335 e. The Morgan fingerprint density at radius 3 is 2.11 bits per heavy atom. The molecular weight excluding hydrogens is 340 g/mol. The van der Waals surface area contributed by atoms with Gasteiger partial charge in [-0.15, -0.1) is 0 Å². The van der Waals surface area contributed by atoms with E-state index in [0.717, 1.165) is 24.2 Å². The fourth-order valence-corrected chi connectivity index (χ4v) is 3.36. The second kappa shape index (κ2) is 8.49. The Kier molecular flexibility index (Phi) is 5.86. The Morgan fingerprint density at radius 1 is 1.04 bits per heavy atom. The summed E-state index contributed by atoms with van der Waals surface area (Å²) < 4.78 is 1.94. The SMILES string of the molecule is CCC(CC)C(c1ccc(Nc2ccc(C(=O)O)cc2)cc1)n1cncn1. The molecule has 0 spiro atoms. The zero-order valence-corrected chi connectivity index (χ0v) is 15.5. The monoisotopic (exact) mass is 364 g/mol. The standard InChI is InChI=1S/C21H24N4O2/c1-3-15(4-2)20(25-14-22-13-23-25)16-5-9-18(10-6-16)24-19-11-7-17(8-12-19)21(26)27/h5-15,20,24H,3-4H2,1-2H3,(H,26,27). The van der Waals surface area contributed by atoms with E-state index in [-0.39, 0.29) is 11.6 Å². The van der Waals surface area contributed by atoms with Crippen molar-refractivity contribution in [2.24, 2.45) is 5.92 Å². The van der Waals surface area contributed by atoms with Crippen LogP contribution in [0.1, 0.15) is 48.7 Å². The van der Waals surface area contributed by atoms with Crippen LogP contribution in [0.3, 0.4) is 0 Å². The summed E-state index contributed by atoms with van der Waals surface area (Å²) in [6.45, 7) is 4.41. The largest absolute Gasteiger partial charge is 0.478 e. The Labute approximate surface area is 158 Å². The molecule has 1 atom stereocenters. The van der Waals surface area contributed by atoms with Gasteiger partial charge in [0.2, 0.25) is 0 Å². The number of aromatic carboxylic acids is 1. The summed E-state index contributed by atoms with van der Waals surface area (Å²) >= 11 is 0. The lowest BCUT2D eigenvalue weighted by Gasteiger charge is -2.26. The highest BCUT2D eigenvalue weighted by Gasteiger charge is 2.23. The lowest BCUT2D eigenvalue weighted by atomic mass is 9.89. The summed E-state index contributed by atoms with van der Waals surface area (Å²) in [6.07, 6.45) is 5.49. The number of nitrogens with one attached hydrogen (secondary N) is 1. The van der Waals surface area contributed by atoms with Gasteiger partial charge in [-0.05, 0) is 47.9 Å². The molecule has 6 nitrogen and oxygen atoms in total. The number of carboxylic acid groups (broad SMARTS) is 1. The lowest BCUT2D eigenvalue weighted by Crippen LogP contribution is -2.20. The minimum Gasteiger partial charge on any atom is -0.478 e. The summed E-state index contributed by atoms with van der Waals surface area (Å²) in [5.74, 6) is -0.444. The van der Waals surface area contributed by atoms with Crippen LogP contribution in [0, 0.1) is 5.92 Å². The number of benzene rings is 2. The second-order valence-corrected chi connectivity index (χ2v) is 6.53. The van der Waals surface area contributed by atoms with Gasteiger partial charge in [0.15, 0.2) is 0 Å². The van der Waals surface area contributed by atoms with E-state index in [1.165, 1.54) is 5.56 Å². The number of aromatic nitrogens is 3. The van der Waals surface area contributed by atoms with E-state index in [4.69, 9.17) is 5.11 Å². The number of hydrogen-bond donors (Lipinski definition) is 2. The van der Waals surface area contributed by atoms with Crippen LogP contribution in [0.4, 0.5) is 11.4 Å². The van der Waals surface area contributed by atoms with Crippen LogP contribution in [0.5, 0.6) is 0 Å². The van der Waals surface area contributed by atoms with Crippen LogP contribution < -0.4 is 5.32 Å². The fourth-order valence-electron chi connectivity index (χ4n) is 3.36. The highest BCUT2D eigenvalue weighted by Crippen LogP contribution is 2.31. The molecule has 1 aromatic heterocycles. The van der Waals surface area contributed by atoms with Crippen molar-refractivity contribution in [2.75, 3.05) is 5.32 Å². The van der Waals surface area contributed by atoms with Crippen LogP contribution in [-0.4, -0.2) is 25.8 Å². The molecule has 0 aliphatic heterocycles. The molecule has 3 rings (SSSR count). The normalized spacial score (nSPS) is 12.1. The molecule has 0 fully saturated rings. The maximum atomic E-state index is 10.9. The predicted molar refractivity (Wildman–Crippen MR) is 105 cm³/mol. The van der Waals surface area contributed by atoms with Gasteiger partial charge in [-0.3, -0.25) is 0 Å². The van der Waals surface area contributed by atoms with Crippen LogP contribution in [0.25, 0.3) is 0 Å². The molecule has 0 aliphatic rings. The molecule has 6 heteroatoms. The van der Waals surface area contributed by atoms with E-state index in [1.54, 1.807) is 36.9 Å². The third kappa shape index (κ3) is 4.34. The Hall–Kier alpha value is -3.15. The summed E-state index contributed by atoms with van der Waals surface area (Å²) in [5, 5.41) is 16.6. The summed E-state index contributed by atoms with van der Waals surface area (Å²) in [4.78, 5) is 15.1. The minimum absolute atomic E-state index is 0.159. The summed E-state index contributed by atoms with van der Waals surface area (Å²) in [6, 6.07) is 15.2. The van der Waals surface area contributed by atoms with Crippen molar-refractivity contribution in [2.45, 2.75) is 32.7 Å². The van der Waals surface area contributed by atoms with Crippen molar-refractivity contribution < 1.29 is 9.90 Å². The predicted octanol–water partition coefficient (Wildman–Crippen LogP) is 4.75. The minimum atomic E-state index is -0.925. The van der Waals surface area contributed by atoms with Gasteiger partial charge in [0.25, 0.3) is 0 Å². The first kappa shape index (κ1) is 18.6. The second-order valence-electron chi connectivity index (χ2n) is 6.53. The molecule has 1 unspecified atom stereocenters. The highest BCUT2D eigenvalue weighted by atomic mass is 16.4. The van der Waals surface area contributed by atoms with E-state index in [9.17, 15) is 4.79 Å². The number of hydrogen-bond acceptors (Lipinski definition) is 4. The van der Waals surface area contributed by atoms with Crippen molar-refractivity contribution in [3.8, 4) is 0 Å². The molecule has 0 saturated heterocycles. The maximum Gasteiger partial charge on any atom is 0.335 e. The number of anilines is 2. The van der Waals surface area contributed by atoms with Gasteiger partial charge in [-0.1, -0.05) is 38.8 Å². The fraction of sp³-hybridized carbons (Fsp3) is 0.286. The third-order valence-corrected chi connectivity index (χ3v) is 4.89. The molecular formula is C21H24N4O2. The zero-order valence-electron chi connectivity index (χ0n) is 15.5. The average Bonchev–Trinajstić information content (AvgIpc) is 3.21. The molecule has 0 amide bonds. The van der Waals surface area contributed by atoms with E-state index in [0.29, 0.717) is 5.92 Å². The lowest BCUT2D eigenvalue weighted by molar-refractivity contribution is 0.0697. The van der Waals surface area contributed by atoms with Gasteiger partial charge in [-0.2, -0.15) is 5.10 Å². The van der Waals surface area contributed by atoms with Crippen LogP contribution in [-0.2, 0) is 0 Å². The van der Waals surface area contributed by atoms with Crippen molar-refractivity contribution in [3.63, 3.8) is 0 Å². The van der Waals surface area contributed by atoms with Gasteiger partial charge in [0, 0.05) is 11.4 Å². The average molecular weight is 364 g/mol. The van der Waals surface area contributed by atoms with E-state index in [1.807, 2.05) is 16.8 Å². The van der Waals surface area contributed by atoms with Crippen molar-refractivity contribution in [3.05, 3.63) is 72.3 Å². The summed E-state index contributed by atoms with van der Waals surface area (Å²) in [5.41, 5.74) is 3.27. The number of carbonyl (C=O) groups is 1. The van der Waals surface area contributed by atoms with Gasteiger partial charge >= 0.3 is 5.97 Å². The number of rotatable bonds is 8. The first-order valence-corrected chi connectivity index (χ1v) is 9.16. The zero-order chi connectivity index (χ0) is 19.2. The number of nitrogens with zero attached hydrogens (tertiary/aromatic N) is 3. The van der Waals surface area contributed by atoms with Gasteiger partial charge < -0.3 is 10.4 Å². The van der Waals surface area contributed by atoms with E-state index < -0.39 is 5.97 Å². The molecule has 0 aliphatic carbocycles.